The van der Waals surface area contributed by atoms with Gasteiger partial charge in [0, 0.05) is 4.47 Å². The molecule has 0 amide bonds. The second-order valence-electron chi connectivity index (χ2n) is 5.46. The maximum absolute atomic E-state index is 12.6. The van der Waals surface area contributed by atoms with Crippen LogP contribution in [0.5, 0.6) is 0 Å². The Bertz CT molecular complexity index is 964. The number of alkyl halides is 6. The molecule has 0 saturated heterocycles. The fourth-order valence-electron chi connectivity index (χ4n) is 1.84. The van der Waals surface area contributed by atoms with Crippen molar-refractivity contribution in [2.45, 2.75) is 26.2 Å². The predicted molar refractivity (Wildman–Crippen MR) is 94.2 cm³/mol. The summed E-state index contributed by atoms with van der Waals surface area (Å²) in [4.78, 5) is 0. The van der Waals surface area contributed by atoms with Gasteiger partial charge in [0.25, 0.3) is 0 Å². The fraction of sp³-hybridized carbons (Fsp3) is 0.250. The summed E-state index contributed by atoms with van der Waals surface area (Å²) in [5.74, 6) is -1.77. The van der Waals surface area contributed by atoms with E-state index >= 15 is 0 Å². The average molecular weight is 533 g/mol. The van der Waals surface area contributed by atoms with Crippen LogP contribution in [0.15, 0.2) is 34.8 Å². The third kappa shape index (κ3) is 10.8. The van der Waals surface area contributed by atoms with Crippen LogP contribution in [0.2, 0.25) is 0 Å². The van der Waals surface area contributed by atoms with Gasteiger partial charge in [-0.15, -0.1) is 0 Å². The number of benzene rings is 2. The molecule has 0 unspecified atom stereocenters. The molecule has 0 radical (unpaired) electrons. The van der Waals surface area contributed by atoms with E-state index in [4.69, 9.17) is 17.5 Å². The van der Waals surface area contributed by atoms with Crippen molar-refractivity contribution in [3.05, 3.63) is 68.7 Å². The van der Waals surface area contributed by atoms with E-state index in [-0.39, 0.29) is 15.6 Å². The number of rotatable bonds is 0. The monoisotopic (exact) mass is 532 g/mol. The lowest BCUT2D eigenvalue weighted by Gasteiger charge is -2.11. The minimum atomic E-state index is -4.67. The molecule has 14 heteroatoms. The predicted octanol–water partition coefficient (Wildman–Crippen LogP) is 6.42. The van der Waals surface area contributed by atoms with Crippen LogP contribution in [0.3, 0.4) is 0 Å². The standard InChI is InChI=1S/C8H5BrF4.C8H6F4.H2O4S/c1-4-6(8(11,12)13)2-5(10)3-7(4)9;1-5-2-3-6(9)4-7(5)8(10,11)12;1-5(2,3)4/h2-3H,1H3;2-4H,1H3;(H2,1,2,3,4). The van der Waals surface area contributed by atoms with Crippen molar-refractivity contribution in [3.63, 3.8) is 0 Å². The number of aryl methyl sites for hydroxylation is 1. The Morgan fingerprint density at radius 3 is 1.57 bits per heavy atom. The van der Waals surface area contributed by atoms with Gasteiger partial charge in [-0.1, -0.05) is 22.0 Å². The fourth-order valence-corrected chi connectivity index (χ4v) is 2.27. The smallest absolute Gasteiger partial charge is 0.264 e. The first kappa shape index (κ1) is 28.2. The Hall–Kier alpha value is -1.77. The highest BCUT2D eigenvalue weighted by Crippen LogP contribution is 2.35. The van der Waals surface area contributed by atoms with Crippen molar-refractivity contribution in [2.75, 3.05) is 0 Å². The van der Waals surface area contributed by atoms with Gasteiger partial charge in [0.1, 0.15) is 11.6 Å². The molecular formula is C16H13BrF8O4S. The van der Waals surface area contributed by atoms with Gasteiger partial charge in [-0.05, 0) is 49.2 Å². The average Bonchev–Trinajstić information content (AvgIpc) is 2.50. The second-order valence-corrected chi connectivity index (χ2v) is 7.21. The van der Waals surface area contributed by atoms with Crippen molar-refractivity contribution in [1.29, 1.82) is 0 Å². The van der Waals surface area contributed by atoms with Crippen LogP contribution < -0.4 is 0 Å². The number of hydrogen-bond acceptors (Lipinski definition) is 2. The maximum Gasteiger partial charge on any atom is 0.416 e. The summed E-state index contributed by atoms with van der Waals surface area (Å²) in [5, 5.41) is 0. The molecule has 0 fully saturated rings. The molecule has 30 heavy (non-hydrogen) atoms. The molecule has 0 heterocycles. The highest BCUT2D eigenvalue weighted by atomic mass is 79.9. The molecule has 0 atom stereocenters. The van der Waals surface area contributed by atoms with E-state index < -0.39 is 45.5 Å². The molecule has 2 rings (SSSR count). The summed E-state index contributed by atoms with van der Waals surface area (Å²) >= 11 is 2.85. The molecule has 2 N–H and O–H groups in total. The lowest BCUT2D eigenvalue weighted by molar-refractivity contribution is -0.139. The first-order valence-electron chi connectivity index (χ1n) is 7.29. The van der Waals surface area contributed by atoms with E-state index in [9.17, 15) is 35.1 Å². The zero-order valence-electron chi connectivity index (χ0n) is 14.9. The summed E-state index contributed by atoms with van der Waals surface area (Å²) in [6, 6.07) is 4.10. The molecule has 0 saturated carbocycles. The largest absolute Gasteiger partial charge is 0.416 e. The minimum absolute atomic E-state index is 0.00565. The highest BCUT2D eigenvalue weighted by Gasteiger charge is 2.33. The Labute approximate surface area is 174 Å². The SMILES string of the molecule is Cc1c(Br)cc(F)cc1C(F)(F)F.Cc1ccc(F)cc1C(F)(F)F.O=S(=O)(O)O. The summed E-state index contributed by atoms with van der Waals surface area (Å²) in [6.45, 7) is 2.58. The Morgan fingerprint density at radius 2 is 1.20 bits per heavy atom. The van der Waals surface area contributed by atoms with Gasteiger partial charge in [0.15, 0.2) is 0 Å². The summed E-state index contributed by atoms with van der Waals surface area (Å²) in [5.41, 5.74) is -1.83. The van der Waals surface area contributed by atoms with Crippen molar-refractivity contribution in [2.24, 2.45) is 0 Å². The van der Waals surface area contributed by atoms with Crippen LogP contribution in [0, 0.1) is 25.5 Å². The number of hydrogen-bond donors (Lipinski definition) is 2. The molecule has 0 bridgehead atoms. The van der Waals surface area contributed by atoms with Gasteiger partial charge < -0.3 is 0 Å². The lowest BCUT2D eigenvalue weighted by atomic mass is 10.1. The van der Waals surface area contributed by atoms with E-state index in [1.807, 2.05) is 0 Å². The topological polar surface area (TPSA) is 74.6 Å². The van der Waals surface area contributed by atoms with Gasteiger partial charge >= 0.3 is 22.8 Å². The van der Waals surface area contributed by atoms with E-state index in [2.05, 4.69) is 15.9 Å². The Balaban J connectivity index is 0.000000461. The van der Waals surface area contributed by atoms with E-state index in [0.717, 1.165) is 18.2 Å². The lowest BCUT2D eigenvalue weighted by Crippen LogP contribution is -2.08. The van der Waals surface area contributed by atoms with Crippen LogP contribution >= 0.6 is 15.9 Å². The summed E-state index contributed by atoms with van der Waals surface area (Å²) in [6.07, 6.45) is -8.97. The van der Waals surface area contributed by atoms with Crippen LogP contribution in [0.4, 0.5) is 35.1 Å². The number of halogens is 9. The maximum atomic E-state index is 12.6. The van der Waals surface area contributed by atoms with E-state index in [0.29, 0.717) is 12.1 Å². The first-order chi connectivity index (χ1) is 13.2. The molecule has 0 aliphatic carbocycles. The van der Waals surface area contributed by atoms with Crippen molar-refractivity contribution >= 4 is 26.3 Å². The van der Waals surface area contributed by atoms with Crippen LogP contribution in [0.1, 0.15) is 22.3 Å². The Kier molecular flexibility index (Phi) is 9.89. The zero-order valence-corrected chi connectivity index (χ0v) is 17.3. The van der Waals surface area contributed by atoms with Crippen LogP contribution in [-0.2, 0) is 22.8 Å². The third-order valence-corrected chi connectivity index (χ3v) is 3.94. The van der Waals surface area contributed by atoms with Gasteiger partial charge in [0.05, 0.1) is 11.1 Å². The Morgan fingerprint density at radius 1 is 0.800 bits per heavy atom. The normalized spacial score (nSPS) is 11.8. The second kappa shape index (κ2) is 10.5. The molecule has 2 aromatic rings. The third-order valence-electron chi connectivity index (χ3n) is 3.12. The highest BCUT2D eigenvalue weighted by molar-refractivity contribution is 9.10. The van der Waals surface area contributed by atoms with Crippen molar-refractivity contribution < 1.29 is 52.6 Å². The molecule has 2 aromatic carbocycles. The molecule has 0 aliphatic heterocycles. The summed E-state index contributed by atoms with van der Waals surface area (Å²) in [7, 11) is -4.67. The zero-order chi connectivity index (χ0) is 24.1. The van der Waals surface area contributed by atoms with Crippen molar-refractivity contribution in [1.82, 2.24) is 0 Å². The van der Waals surface area contributed by atoms with Gasteiger partial charge in [-0.2, -0.15) is 34.8 Å². The van der Waals surface area contributed by atoms with Gasteiger partial charge in [-0.25, -0.2) is 8.78 Å². The van der Waals surface area contributed by atoms with Crippen molar-refractivity contribution in [3.8, 4) is 0 Å². The molecule has 0 aliphatic rings. The van der Waals surface area contributed by atoms with Crippen LogP contribution in [0.25, 0.3) is 0 Å². The van der Waals surface area contributed by atoms with E-state index in [1.54, 1.807) is 0 Å². The quantitative estimate of drug-likeness (QED) is 0.303. The van der Waals surface area contributed by atoms with Gasteiger partial charge in [-0.3, -0.25) is 9.11 Å². The first-order valence-corrected chi connectivity index (χ1v) is 9.48. The van der Waals surface area contributed by atoms with Crippen LogP contribution in [-0.4, -0.2) is 17.5 Å². The van der Waals surface area contributed by atoms with E-state index in [1.165, 1.54) is 13.8 Å². The molecule has 0 spiro atoms. The molecule has 170 valence electrons. The molecular weight excluding hydrogens is 520 g/mol. The molecule has 0 aromatic heterocycles. The minimum Gasteiger partial charge on any atom is -0.264 e. The van der Waals surface area contributed by atoms with Gasteiger partial charge in [0.2, 0.25) is 0 Å². The summed E-state index contributed by atoms with van der Waals surface area (Å²) < 4.78 is 130. The molecule has 4 nitrogen and oxygen atoms in total.